The Kier molecular flexibility index (Phi) is 6.14. The highest BCUT2D eigenvalue weighted by molar-refractivity contribution is 5.94. The molecule has 8 rings (SSSR count). The number of allylic oxidation sites excluding steroid dienone is 1. The van der Waals surface area contributed by atoms with E-state index in [9.17, 15) is 0 Å². The fourth-order valence-electron chi connectivity index (χ4n) is 6.81. The molecule has 0 N–H and O–H groups in total. The molecule has 1 aliphatic heterocycles. The van der Waals surface area contributed by atoms with Crippen molar-refractivity contribution in [1.82, 2.24) is 4.98 Å². The molecule has 3 aliphatic rings. The first kappa shape index (κ1) is 24.8. The van der Waals surface area contributed by atoms with Crippen LogP contribution in [-0.4, -0.2) is 11.2 Å². The predicted octanol–water partition coefficient (Wildman–Crippen LogP) is 7.14. The maximum absolute atomic E-state index is 4.93. The van der Waals surface area contributed by atoms with Gasteiger partial charge in [0.15, 0.2) is 0 Å². The summed E-state index contributed by atoms with van der Waals surface area (Å²) in [6.07, 6.45) is 18.1. The van der Waals surface area contributed by atoms with Crippen LogP contribution in [0.2, 0.25) is 0 Å². The lowest BCUT2D eigenvalue weighted by Gasteiger charge is -2.25. The number of anilines is 2. The SMILES string of the molecule is C1=NC(Cc2cccnc2)=CN(c2ccccc2-c2cccc3c2=CCc2c4c(ccc2=3)=CCCC4)c2ccccc21. The Bertz CT molecular complexity index is 2120. The quantitative estimate of drug-likeness (QED) is 0.242. The van der Waals surface area contributed by atoms with E-state index in [0.29, 0.717) is 6.42 Å². The van der Waals surface area contributed by atoms with Gasteiger partial charge in [0.2, 0.25) is 0 Å². The number of aromatic nitrogens is 1. The number of nitrogens with zero attached hydrogens (tertiary/aromatic N) is 3. The minimum atomic E-state index is 0.712. The average Bonchev–Trinajstić information content (AvgIpc) is 3.24. The molecule has 0 fully saturated rings. The lowest BCUT2D eigenvalue weighted by Crippen LogP contribution is -2.21. The summed E-state index contributed by atoms with van der Waals surface area (Å²) in [5.74, 6) is 0. The molecule has 0 saturated heterocycles. The molecular formula is C39H31N3. The summed E-state index contributed by atoms with van der Waals surface area (Å²) >= 11 is 0. The normalized spacial score (nSPS) is 14.8. The molecule has 0 saturated carbocycles. The van der Waals surface area contributed by atoms with Crippen LogP contribution in [0, 0.1) is 10.4 Å². The third kappa shape index (κ3) is 4.29. The Morgan fingerprint density at radius 2 is 1.60 bits per heavy atom. The number of rotatable bonds is 4. The summed E-state index contributed by atoms with van der Waals surface area (Å²) in [7, 11) is 0. The number of para-hydroxylation sites is 2. The molecule has 2 aliphatic carbocycles. The molecule has 0 unspecified atom stereocenters. The van der Waals surface area contributed by atoms with Crippen LogP contribution in [0.25, 0.3) is 23.3 Å². The molecule has 42 heavy (non-hydrogen) atoms. The lowest BCUT2D eigenvalue weighted by atomic mass is 9.87. The van der Waals surface area contributed by atoms with Gasteiger partial charge < -0.3 is 4.90 Å². The molecule has 0 bridgehead atoms. The first-order chi connectivity index (χ1) is 20.8. The van der Waals surface area contributed by atoms with Crippen molar-refractivity contribution in [2.24, 2.45) is 4.99 Å². The Morgan fingerprint density at radius 1 is 0.714 bits per heavy atom. The summed E-state index contributed by atoms with van der Waals surface area (Å²) in [4.78, 5) is 11.6. The molecule has 0 spiro atoms. The van der Waals surface area contributed by atoms with Gasteiger partial charge in [-0.05, 0) is 87.0 Å². The van der Waals surface area contributed by atoms with Gasteiger partial charge in [-0.2, -0.15) is 0 Å². The van der Waals surface area contributed by atoms with Crippen LogP contribution in [0.1, 0.15) is 35.1 Å². The second-order valence-corrected chi connectivity index (χ2v) is 11.3. The van der Waals surface area contributed by atoms with Gasteiger partial charge in [0.25, 0.3) is 0 Å². The zero-order chi connectivity index (χ0) is 27.9. The summed E-state index contributed by atoms with van der Waals surface area (Å²) in [5, 5.41) is 5.50. The van der Waals surface area contributed by atoms with Crippen LogP contribution in [0.5, 0.6) is 0 Å². The first-order valence-electron chi connectivity index (χ1n) is 14.9. The van der Waals surface area contributed by atoms with E-state index in [2.05, 4.69) is 113 Å². The Hall–Kier alpha value is -5.02. The Morgan fingerprint density at radius 3 is 2.52 bits per heavy atom. The number of hydrogen-bond acceptors (Lipinski definition) is 3. The summed E-state index contributed by atoms with van der Waals surface area (Å²) < 4.78 is 0. The van der Waals surface area contributed by atoms with Crippen molar-refractivity contribution >= 4 is 29.7 Å². The summed E-state index contributed by atoms with van der Waals surface area (Å²) in [6, 6.07) is 32.9. The molecule has 202 valence electrons. The van der Waals surface area contributed by atoms with Crippen LogP contribution in [-0.2, 0) is 19.3 Å². The van der Waals surface area contributed by atoms with Crippen LogP contribution in [0.3, 0.4) is 0 Å². The van der Waals surface area contributed by atoms with Gasteiger partial charge in [0.1, 0.15) is 0 Å². The van der Waals surface area contributed by atoms with Crippen molar-refractivity contribution in [2.75, 3.05) is 4.90 Å². The van der Waals surface area contributed by atoms with Gasteiger partial charge in [-0.1, -0.05) is 84.9 Å². The molecule has 0 atom stereocenters. The molecular weight excluding hydrogens is 510 g/mol. The topological polar surface area (TPSA) is 28.5 Å². The van der Waals surface area contributed by atoms with Crippen molar-refractivity contribution in [3.8, 4) is 11.1 Å². The maximum atomic E-state index is 4.93. The smallest absolute Gasteiger partial charge is 0.0614 e. The van der Waals surface area contributed by atoms with Crippen molar-refractivity contribution in [1.29, 1.82) is 0 Å². The Balaban J connectivity index is 1.33. The fraction of sp³-hybridized carbons (Fsp3) is 0.128. The highest BCUT2D eigenvalue weighted by atomic mass is 15.1. The summed E-state index contributed by atoms with van der Waals surface area (Å²) in [5.41, 5.74) is 11.1. The van der Waals surface area contributed by atoms with E-state index < -0.39 is 0 Å². The number of pyridine rings is 1. The van der Waals surface area contributed by atoms with E-state index in [4.69, 9.17) is 4.99 Å². The Labute approximate surface area is 245 Å². The van der Waals surface area contributed by atoms with Crippen molar-refractivity contribution < 1.29 is 0 Å². The third-order valence-electron chi connectivity index (χ3n) is 8.77. The number of fused-ring (bicyclic) bond motifs is 5. The summed E-state index contributed by atoms with van der Waals surface area (Å²) in [6.45, 7) is 0. The minimum absolute atomic E-state index is 0.712. The third-order valence-corrected chi connectivity index (χ3v) is 8.77. The first-order valence-corrected chi connectivity index (χ1v) is 14.9. The van der Waals surface area contributed by atoms with Gasteiger partial charge in [-0.15, -0.1) is 0 Å². The molecule has 4 aromatic carbocycles. The molecule has 0 amide bonds. The minimum Gasteiger partial charge on any atom is -0.314 e. The monoisotopic (exact) mass is 541 g/mol. The van der Waals surface area contributed by atoms with E-state index in [1.807, 2.05) is 24.7 Å². The molecule has 2 heterocycles. The average molecular weight is 542 g/mol. The van der Waals surface area contributed by atoms with Crippen LogP contribution in [0.4, 0.5) is 11.4 Å². The van der Waals surface area contributed by atoms with Crippen LogP contribution < -0.4 is 15.3 Å². The predicted molar refractivity (Wildman–Crippen MR) is 173 cm³/mol. The largest absolute Gasteiger partial charge is 0.314 e. The molecule has 5 aromatic rings. The maximum Gasteiger partial charge on any atom is 0.0614 e. The second kappa shape index (κ2) is 10.4. The standard InChI is InChI=1S/C39H31N3/c1-3-12-31-28(10-1)18-19-35-32-14-7-15-33(36(32)21-20-34(31)35)37-13-4-6-17-39(37)42-26-30(23-27-9-8-22-40-24-27)41-25-29-11-2-5-16-38(29)42/h2,4-11,13-19,21-22,24-26H,1,3,12,20,23H2. The van der Waals surface area contributed by atoms with E-state index in [1.54, 1.807) is 5.56 Å². The number of hydrogen-bond donors (Lipinski definition) is 0. The fourth-order valence-corrected chi connectivity index (χ4v) is 6.81. The molecule has 3 nitrogen and oxygen atoms in total. The highest BCUT2D eigenvalue weighted by Gasteiger charge is 2.20. The van der Waals surface area contributed by atoms with Crippen molar-refractivity contribution in [3.05, 3.63) is 158 Å². The van der Waals surface area contributed by atoms with Crippen LogP contribution >= 0.6 is 0 Å². The van der Waals surface area contributed by atoms with E-state index in [0.717, 1.165) is 34.6 Å². The zero-order valence-corrected chi connectivity index (χ0v) is 23.5. The van der Waals surface area contributed by atoms with Crippen molar-refractivity contribution in [2.45, 2.75) is 32.1 Å². The van der Waals surface area contributed by atoms with Gasteiger partial charge in [0, 0.05) is 42.4 Å². The van der Waals surface area contributed by atoms with Crippen LogP contribution in [0.15, 0.2) is 120 Å². The molecule has 1 aromatic heterocycles. The van der Waals surface area contributed by atoms with Gasteiger partial charge >= 0.3 is 0 Å². The zero-order valence-electron chi connectivity index (χ0n) is 23.5. The van der Waals surface area contributed by atoms with E-state index in [1.165, 1.54) is 56.8 Å². The molecule has 3 heteroatoms. The van der Waals surface area contributed by atoms with Crippen molar-refractivity contribution in [3.63, 3.8) is 0 Å². The van der Waals surface area contributed by atoms with Gasteiger partial charge in [-0.25, -0.2) is 0 Å². The lowest BCUT2D eigenvalue weighted by molar-refractivity contribution is 0.824. The van der Waals surface area contributed by atoms with E-state index >= 15 is 0 Å². The second-order valence-electron chi connectivity index (χ2n) is 11.3. The van der Waals surface area contributed by atoms with Gasteiger partial charge in [0.05, 0.1) is 17.1 Å². The molecule has 0 radical (unpaired) electrons. The van der Waals surface area contributed by atoms with Gasteiger partial charge in [-0.3, -0.25) is 9.98 Å². The number of benzene rings is 4. The van der Waals surface area contributed by atoms with E-state index in [-0.39, 0.29) is 0 Å². The number of aliphatic imine (C=N–C) groups is 1. The highest BCUT2D eigenvalue weighted by Crippen LogP contribution is 2.37.